The number of fused-ring (bicyclic) bond motifs is 2. The largest absolute Gasteiger partial charge is 0.484 e. The van der Waals surface area contributed by atoms with Gasteiger partial charge in [0, 0.05) is 22.9 Å². The van der Waals surface area contributed by atoms with Crippen molar-refractivity contribution in [2.24, 2.45) is 0 Å². The molecule has 0 amide bonds. The second-order valence-corrected chi connectivity index (χ2v) is 8.39. The average Bonchev–Trinajstić information content (AvgIpc) is 2.74. The molecule has 1 atom stereocenters. The number of nitrogens with two attached hydrogens (primary N) is 1. The summed E-state index contributed by atoms with van der Waals surface area (Å²) in [6.45, 7) is 1.85. The molecule has 151 valence electrons. The SMILES string of the molecule is Cc1ccccc1Nc1cc([S+]([O])(=O)O[NH3+])c(N)c2c1C(=O)c1ccccc1C2=O. The fourth-order valence-electron chi connectivity index (χ4n) is 3.52. The summed E-state index contributed by atoms with van der Waals surface area (Å²) < 4.78 is 29.2. The second kappa shape index (κ2) is 7.15. The lowest BCUT2D eigenvalue weighted by Crippen LogP contribution is -2.52. The van der Waals surface area contributed by atoms with Gasteiger partial charge in [-0.2, -0.15) is 5.90 Å². The van der Waals surface area contributed by atoms with Gasteiger partial charge in [-0.05, 0) is 22.8 Å². The summed E-state index contributed by atoms with van der Waals surface area (Å²) in [7, 11) is -4.35. The Hall–Kier alpha value is -3.37. The molecule has 1 aliphatic rings. The first-order valence-corrected chi connectivity index (χ1v) is 10.3. The number of rotatable bonds is 4. The van der Waals surface area contributed by atoms with Gasteiger partial charge in [0.05, 0.1) is 25.7 Å². The molecule has 1 aliphatic carbocycles. The van der Waals surface area contributed by atoms with Crippen molar-refractivity contribution in [2.75, 3.05) is 11.1 Å². The number of anilines is 3. The zero-order chi connectivity index (χ0) is 21.6. The molecule has 9 heteroatoms. The summed E-state index contributed by atoms with van der Waals surface area (Å²) in [4.78, 5) is 26.1. The summed E-state index contributed by atoms with van der Waals surface area (Å²) in [5, 5.41) is 3.08. The van der Waals surface area contributed by atoms with Crippen molar-refractivity contribution < 1.29 is 28.5 Å². The van der Waals surface area contributed by atoms with Crippen molar-refractivity contribution in [3.05, 3.63) is 82.4 Å². The van der Waals surface area contributed by atoms with E-state index in [1.165, 1.54) is 12.1 Å². The number of aryl methyl sites for hydroxylation is 1. The number of nitrogens with one attached hydrogen (secondary N) is 1. The van der Waals surface area contributed by atoms with Gasteiger partial charge in [-0.3, -0.25) is 9.59 Å². The number of ketones is 2. The van der Waals surface area contributed by atoms with Crippen LogP contribution in [0.15, 0.2) is 59.5 Å². The molecule has 3 aromatic rings. The minimum Gasteiger partial charge on any atom is -0.394 e. The van der Waals surface area contributed by atoms with Crippen LogP contribution in [0.5, 0.6) is 0 Å². The summed E-state index contributed by atoms with van der Waals surface area (Å²) in [6.07, 6.45) is 0. The van der Waals surface area contributed by atoms with Gasteiger partial charge < -0.3 is 11.1 Å². The lowest BCUT2D eigenvalue weighted by atomic mass is 9.82. The topological polar surface area (TPSA) is 146 Å². The first kappa shape index (κ1) is 19.9. The maximum atomic E-state index is 13.3. The first-order valence-electron chi connectivity index (χ1n) is 8.92. The Labute approximate surface area is 173 Å². The van der Waals surface area contributed by atoms with Crippen LogP contribution in [0.4, 0.5) is 17.1 Å². The van der Waals surface area contributed by atoms with E-state index in [0.29, 0.717) is 5.69 Å². The minimum absolute atomic E-state index is 0.0162. The third-order valence-corrected chi connectivity index (χ3v) is 6.23. The fourth-order valence-corrected chi connectivity index (χ4v) is 4.28. The summed E-state index contributed by atoms with van der Waals surface area (Å²) >= 11 is 0. The lowest BCUT2D eigenvalue weighted by molar-refractivity contribution is -0.637. The van der Waals surface area contributed by atoms with Crippen molar-refractivity contribution in [1.82, 2.24) is 0 Å². The number of carbonyl (C=O) groups excluding carboxylic acids is 2. The normalized spacial score (nSPS) is 14.6. The Morgan fingerprint density at radius 1 is 0.933 bits per heavy atom. The first-order chi connectivity index (χ1) is 14.3. The Morgan fingerprint density at radius 3 is 2.10 bits per heavy atom. The van der Waals surface area contributed by atoms with E-state index in [-0.39, 0.29) is 33.6 Å². The number of hydrogen-bond donors (Lipinski definition) is 3. The zero-order valence-electron chi connectivity index (χ0n) is 15.9. The van der Waals surface area contributed by atoms with E-state index in [1.54, 1.807) is 30.3 Å². The van der Waals surface area contributed by atoms with Crippen molar-refractivity contribution in [3.63, 3.8) is 0 Å². The molecule has 6 N–H and O–H groups in total. The van der Waals surface area contributed by atoms with Gasteiger partial charge in [0.15, 0.2) is 11.6 Å². The molecular formula is C21H18N3O5S+2. The summed E-state index contributed by atoms with van der Waals surface area (Å²) in [6, 6.07) is 14.8. The summed E-state index contributed by atoms with van der Waals surface area (Å²) in [5.74, 6) is 2.01. The van der Waals surface area contributed by atoms with E-state index in [4.69, 9.17) is 5.73 Å². The van der Waals surface area contributed by atoms with Crippen molar-refractivity contribution in [3.8, 4) is 0 Å². The standard InChI is InChI=1S/C21H17N3O5S/c1-11-6-2-5-9-14(11)24-15-10-16(30(27,28)29-23)19(22)18-17(15)20(25)12-7-3-4-8-13(12)21(18)26/h2-10H,1,23H3,(H2-,22,24,25,26,27)/q+1/p+1. The second-order valence-electron chi connectivity index (χ2n) is 6.80. The molecule has 0 fully saturated rings. The van der Waals surface area contributed by atoms with Gasteiger partial charge in [0.1, 0.15) is 5.69 Å². The highest BCUT2D eigenvalue weighted by Crippen LogP contribution is 2.41. The maximum Gasteiger partial charge on any atom is 0.484 e. The molecule has 0 bridgehead atoms. The van der Waals surface area contributed by atoms with E-state index in [0.717, 1.165) is 5.56 Å². The van der Waals surface area contributed by atoms with Gasteiger partial charge in [0.25, 0.3) is 4.90 Å². The monoisotopic (exact) mass is 424 g/mol. The van der Waals surface area contributed by atoms with E-state index in [2.05, 4.69) is 15.5 Å². The molecule has 30 heavy (non-hydrogen) atoms. The van der Waals surface area contributed by atoms with Crippen LogP contribution >= 0.6 is 0 Å². The number of nitrogen functional groups attached to an aromatic ring is 1. The number of quaternary nitrogens is 1. The molecular weight excluding hydrogens is 406 g/mol. The van der Waals surface area contributed by atoms with Gasteiger partial charge >= 0.3 is 10.5 Å². The van der Waals surface area contributed by atoms with E-state index >= 15 is 0 Å². The molecule has 0 aliphatic heterocycles. The van der Waals surface area contributed by atoms with Crippen molar-refractivity contribution in [2.45, 2.75) is 11.8 Å². The van der Waals surface area contributed by atoms with Crippen LogP contribution in [0.2, 0.25) is 0 Å². The Morgan fingerprint density at radius 2 is 1.50 bits per heavy atom. The Bertz CT molecular complexity index is 1270. The van der Waals surface area contributed by atoms with Crippen molar-refractivity contribution >= 4 is 39.1 Å². The molecule has 0 saturated carbocycles. The lowest BCUT2D eigenvalue weighted by Gasteiger charge is -2.23. The highest BCUT2D eigenvalue weighted by atomic mass is 32.3. The quantitative estimate of drug-likeness (QED) is 0.260. The predicted molar refractivity (Wildman–Crippen MR) is 110 cm³/mol. The molecule has 1 unspecified atom stereocenters. The molecule has 1 radical (unpaired) electrons. The predicted octanol–water partition coefficient (Wildman–Crippen LogP) is 2.39. The van der Waals surface area contributed by atoms with Crippen LogP contribution < -0.4 is 16.9 Å². The molecule has 0 aromatic heterocycles. The minimum atomic E-state index is -4.35. The summed E-state index contributed by atoms with van der Waals surface area (Å²) in [5.41, 5.74) is 7.60. The van der Waals surface area contributed by atoms with Gasteiger partial charge in [-0.25, -0.2) is 0 Å². The van der Waals surface area contributed by atoms with E-state index in [1.807, 2.05) is 19.1 Å². The molecule has 3 aromatic carbocycles. The number of benzene rings is 3. The molecule has 0 spiro atoms. The van der Waals surface area contributed by atoms with E-state index in [9.17, 15) is 18.4 Å². The number of hydrogen-bond acceptors (Lipinski definition) is 6. The third-order valence-electron chi connectivity index (χ3n) is 5.04. The molecule has 4 rings (SSSR count). The molecule has 8 nitrogen and oxygen atoms in total. The van der Waals surface area contributed by atoms with Crippen LogP contribution in [0.25, 0.3) is 0 Å². The highest BCUT2D eigenvalue weighted by molar-refractivity contribution is 7.93. The van der Waals surface area contributed by atoms with Gasteiger partial charge in [0.2, 0.25) is 0 Å². The van der Waals surface area contributed by atoms with E-state index < -0.39 is 27.0 Å². The van der Waals surface area contributed by atoms with Gasteiger partial charge in [-0.15, -0.1) is 0 Å². The molecule has 0 saturated heterocycles. The van der Waals surface area contributed by atoms with Crippen LogP contribution in [0, 0.1) is 6.92 Å². The maximum absolute atomic E-state index is 13.3. The van der Waals surface area contributed by atoms with Crippen LogP contribution in [-0.4, -0.2) is 11.6 Å². The Kier molecular flexibility index (Phi) is 4.75. The fraction of sp³-hybridized carbons (Fsp3) is 0.0476. The van der Waals surface area contributed by atoms with Crippen LogP contribution in [0.3, 0.4) is 0 Å². The van der Waals surface area contributed by atoms with Crippen molar-refractivity contribution in [1.29, 1.82) is 0 Å². The average molecular weight is 424 g/mol. The van der Waals surface area contributed by atoms with Crippen LogP contribution in [0.1, 0.15) is 37.4 Å². The van der Waals surface area contributed by atoms with Gasteiger partial charge in [-0.1, -0.05) is 42.5 Å². The smallest absolute Gasteiger partial charge is 0.394 e. The highest BCUT2D eigenvalue weighted by Gasteiger charge is 2.45. The number of carbonyl (C=O) groups is 2. The molecule has 0 heterocycles. The third kappa shape index (κ3) is 3.01. The van der Waals surface area contributed by atoms with Crippen LogP contribution in [-0.2, 0) is 23.5 Å². The zero-order valence-corrected chi connectivity index (χ0v) is 16.7. The Balaban J connectivity index is 2.04. The number of para-hydroxylation sites is 1.